The Bertz CT molecular complexity index is 423. The first-order valence-corrected chi connectivity index (χ1v) is 6.79. The van der Waals surface area contributed by atoms with Gasteiger partial charge >= 0.3 is 0 Å². The Balaban J connectivity index is 2.18. The molecule has 18 heavy (non-hydrogen) atoms. The Kier molecular flexibility index (Phi) is 3.93. The van der Waals surface area contributed by atoms with E-state index in [1.54, 1.807) is 0 Å². The second-order valence-electron chi connectivity index (χ2n) is 5.47. The number of nitrogens with zero attached hydrogens (tertiary/aromatic N) is 1. The number of rotatable bonds is 2. The number of benzene rings is 1. The van der Waals surface area contributed by atoms with Gasteiger partial charge in [0.15, 0.2) is 0 Å². The summed E-state index contributed by atoms with van der Waals surface area (Å²) < 4.78 is 0. The summed E-state index contributed by atoms with van der Waals surface area (Å²) in [6.07, 6.45) is 2.17. The number of phenolic OH excluding ortho intramolecular Hbond substituents is 1. The molecule has 1 fully saturated rings. The van der Waals surface area contributed by atoms with Crippen LogP contribution in [0, 0.1) is 13.8 Å². The highest BCUT2D eigenvalue weighted by molar-refractivity contribution is 5.43. The maximum absolute atomic E-state index is 9.72. The van der Waals surface area contributed by atoms with Crippen LogP contribution in [-0.2, 0) is 0 Å². The summed E-state index contributed by atoms with van der Waals surface area (Å²) in [5.74, 6) is 0.393. The highest BCUT2D eigenvalue weighted by Gasteiger charge is 2.23. The molecule has 0 aromatic heterocycles. The minimum Gasteiger partial charge on any atom is -0.508 e. The first-order chi connectivity index (χ1) is 8.50. The number of hydrogen-bond donors (Lipinski definition) is 2. The van der Waals surface area contributed by atoms with E-state index in [1.807, 2.05) is 13.0 Å². The summed E-state index contributed by atoms with van der Waals surface area (Å²) in [5, 5.41) is 9.72. The lowest BCUT2D eigenvalue weighted by Gasteiger charge is -2.35. The van der Waals surface area contributed by atoms with E-state index in [0.29, 0.717) is 17.8 Å². The van der Waals surface area contributed by atoms with Crippen molar-refractivity contribution < 1.29 is 5.11 Å². The molecule has 3 nitrogen and oxygen atoms in total. The van der Waals surface area contributed by atoms with Crippen molar-refractivity contribution in [3.05, 3.63) is 28.8 Å². The van der Waals surface area contributed by atoms with Crippen LogP contribution in [0.25, 0.3) is 0 Å². The van der Waals surface area contributed by atoms with Crippen LogP contribution in [0.4, 0.5) is 0 Å². The van der Waals surface area contributed by atoms with Gasteiger partial charge in [-0.1, -0.05) is 6.07 Å². The van der Waals surface area contributed by atoms with Gasteiger partial charge in [0.05, 0.1) is 0 Å². The van der Waals surface area contributed by atoms with Crippen LogP contribution in [0.3, 0.4) is 0 Å². The number of hydrogen-bond acceptors (Lipinski definition) is 3. The van der Waals surface area contributed by atoms with Crippen molar-refractivity contribution in [2.24, 2.45) is 5.73 Å². The molecule has 1 unspecified atom stereocenters. The lowest BCUT2D eigenvalue weighted by atomic mass is 9.95. The smallest absolute Gasteiger partial charge is 0.118 e. The van der Waals surface area contributed by atoms with Crippen molar-refractivity contribution in [2.45, 2.75) is 45.7 Å². The van der Waals surface area contributed by atoms with Gasteiger partial charge < -0.3 is 10.8 Å². The van der Waals surface area contributed by atoms with E-state index in [2.05, 4.69) is 24.8 Å². The molecule has 1 aromatic carbocycles. The van der Waals surface area contributed by atoms with Crippen LogP contribution in [-0.4, -0.2) is 29.1 Å². The third-order valence-corrected chi connectivity index (χ3v) is 4.37. The van der Waals surface area contributed by atoms with Crippen LogP contribution in [0.2, 0.25) is 0 Å². The summed E-state index contributed by atoms with van der Waals surface area (Å²) in [5.41, 5.74) is 9.47. The van der Waals surface area contributed by atoms with E-state index in [1.165, 1.54) is 11.1 Å². The van der Waals surface area contributed by atoms with Gasteiger partial charge in [0.25, 0.3) is 0 Å². The van der Waals surface area contributed by atoms with Crippen molar-refractivity contribution in [3.63, 3.8) is 0 Å². The summed E-state index contributed by atoms with van der Waals surface area (Å²) in [6.45, 7) is 8.46. The van der Waals surface area contributed by atoms with Gasteiger partial charge in [-0.15, -0.1) is 0 Å². The monoisotopic (exact) mass is 248 g/mol. The molecule has 0 bridgehead atoms. The topological polar surface area (TPSA) is 49.5 Å². The molecule has 1 aromatic rings. The average Bonchev–Trinajstić information content (AvgIpc) is 2.36. The SMILES string of the molecule is Cc1c(O)ccc(C(C)N2CCC(N)CC2)c1C. The molecule has 100 valence electrons. The zero-order chi connectivity index (χ0) is 13.3. The molecule has 0 radical (unpaired) electrons. The first kappa shape index (κ1) is 13.4. The fraction of sp³-hybridized carbons (Fsp3) is 0.600. The minimum atomic E-state index is 0.371. The second kappa shape index (κ2) is 5.29. The van der Waals surface area contributed by atoms with Gasteiger partial charge in [-0.25, -0.2) is 0 Å². The van der Waals surface area contributed by atoms with Crippen molar-refractivity contribution in [1.82, 2.24) is 4.90 Å². The lowest BCUT2D eigenvalue weighted by Crippen LogP contribution is -2.41. The van der Waals surface area contributed by atoms with Gasteiger partial charge in [0.1, 0.15) is 5.75 Å². The molecule has 1 atom stereocenters. The maximum Gasteiger partial charge on any atom is 0.118 e. The molecule has 0 saturated carbocycles. The molecule has 1 heterocycles. The first-order valence-electron chi connectivity index (χ1n) is 6.79. The van der Waals surface area contributed by atoms with Crippen molar-refractivity contribution in [3.8, 4) is 5.75 Å². The summed E-state index contributed by atoms with van der Waals surface area (Å²) in [7, 11) is 0. The van der Waals surface area contributed by atoms with E-state index < -0.39 is 0 Å². The Morgan fingerprint density at radius 3 is 2.44 bits per heavy atom. The molecule has 2 rings (SSSR count). The summed E-state index contributed by atoms with van der Waals surface area (Å²) in [6, 6.07) is 4.63. The normalized spacial score (nSPS) is 20.0. The Morgan fingerprint density at radius 1 is 1.22 bits per heavy atom. The van der Waals surface area contributed by atoms with E-state index in [0.717, 1.165) is 31.5 Å². The molecular formula is C15H24N2O. The van der Waals surface area contributed by atoms with E-state index in [4.69, 9.17) is 5.73 Å². The zero-order valence-electron chi connectivity index (χ0n) is 11.6. The molecule has 1 saturated heterocycles. The van der Waals surface area contributed by atoms with Gasteiger partial charge in [-0.3, -0.25) is 4.90 Å². The van der Waals surface area contributed by atoms with Crippen molar-refractivity contribution in [1.29, 1.82) is 0 Å². The van der Waals surface area contributed by atoms with Gasteiger partial charge in [-0.2, -0.15) is 0 Å². The molecule has 0 aliphatic carbocycles. The Morgan fingerprint density at radius 2 is 1.83 bits per heavy atom. The van der Waals surface area contributed by atoms with Crippen LogP contribution in [0.15, 0.2) is 12.1 Å². The number of piperidine rings is 1. The van der Waals surface area contributed by atoms with E-state index in [-0.39, 0.29) is 0 Å². The molecule has 0 spiro atoms. The van der Waals surface area contributed by atoms with Crippen LogP contribution in [0.5, 0.6) is 5.75 Å². The molecular weight excluding hydrogens is 224 g/mol. The number of nitrogens with two attached hydrogens (primary N) is 1. The van der Waals surface area contributed by atoms with E-state index >= 15 is 0 Å². The number of phenols is 1. The average molecular weight is 248 g/mol. The Labute approximate surface area is 110 Å². The predicted octanol–water partition coefficient (Wildman–Crippen LogP) is 2.49. The lowest BCUT2D eigenvalue weighted by molar-refractivity contribution is 0.163. The standard InChI is InChI=1S/C15H24N2O/c1-10-11(2)15(18)5-4-14(10)12(3)17-8-6-13(16)7-9-17/h4-5,12-13,18H,6-9,16H2,1-3H3. The molecule has 3 N–H and O–H groups in total. The molecule has 3 heteroatoms. The predicted molar refractivity (Wildman–Crippen MR) is 74.8 cm³/mol. The van der Waals surface area contributed by atoms with Crippen molar-refractivity contribution in [2.75, 3.05) is 13.1 Å². The molecule has 1 aliphatic heterocycles. The largest absolute Gasteiger partial charge is 0.508 e. The van der Waals surface area contributed by atoms with E-state index in [9.17, 15) is 5.11 Å². The van der Waals surface area contributed by atoms with Gasteiger partial charge in [0.2, 0.25) is 0 Å². The van der Waals surface area contributed by atoms with Gasteiger partial charge in [-0.05, 0) is 56.4 Å². The van der Waals surface area contributed by atoms with Crippen molar-refractivity contribution >= 4 is 0 Å². The van der Waals surface area contributed by atoms with Crippen LogP contribution < -0.4 is 5.73 Å². The summed E-state index contributed by atoms with van der Waals surface area (Å²) in [4.78, 5) is 2.49. The highest BCUT2D eigenvalue weighted by atomic mass is 16.3. The van der Waals surface area contributed by atoms with Crippen LogP contribution in [0.1, 0.15) is 42.5 Å². The number of aromatic hydroxyl groups is 1. The number of likely N-dealkylation sites (tertiary alicyclic amines) is 1. The third-order valence-electron chi connectivity index (χ3n) is 4.37. The fourth-order valence-electron chi connectivity index (χ4n) is 2.78. The third kappa shape index (κ3) is 2.52. The molecule has 0 amide bonds. The summed E-state index contributed by atoms with van der Waals surface area (Å²) >= 11 is 0. The second-order valence-corrected chi connectivity index (χ2v) is 5.47. The fourth-order valence-corrected chi connectivity index (χ4v) is 2.78. The highest BCUT2D eigenvalue weighted by Crippen LogP contribution is 2.31. The maximum atomic E-state index is 9.72. The quantitative estimate of drug-likeness (QED) is 0.845. The zero-order valence-corrected chi connectivity index (χ0v) is 11.6. The molecule has 1 aliphatic rings. The minimum absolute atomic E-state index is 0.371. The van der Waals surface area contributed by atoms with Crippen LogP contribution >= 0.6 is 0 Å². The Hall–Kier alpha value is -1.06. The van der Waals surface area contributed by atoms with Gasteiger partial charge in [0, 0.05) is 25.2 Å².